The van der Waals surface area contributed by atoms with Crippen LogP contribution in [0.15, 0.2) is 51.4 Å². The van der Waals surface area contributed by atoms with E-state index in [4.69, 9.17) is 4.74 Å². The molecule has 0 atom stereocenters. The van der Waals surface area contributed by atoms with Crippen molar-refractivity contribution in [1.29, 1.82) is 0 Å². The van der Waals surface area contributed by atoms with Gasteiger partial charge in [-0.3, -0.25) is 4.79 Å². The van der Waals surface area contributed by atoms with Gasteiger partial charge in [-0.2, -0.15) is 0 Å². The topological polar surface area (TPSA) is 46.5 Å². The second-order valence-electron chi connectivity index (χ2n) is 5.25. The maximum absolute atomic E-state index is 12.3. The van der Waals surface area contributed by atoms with Gasteiger partial charge in [-0.15, -0.1) is 0 Å². The number of phenols is 1. The molecule has 0 saturated carbocycles. The second-order valence-corrected chi connectivity index (χ2v) is 7.02. The molecule has 5 heteroatoms. The molecule has 0 bridgehead atoms. The number of aromatic hydroxyl groups is 1. The minimum Gasteiger partial charge on any atom is -0.507 e. The van der Waals surface area contributed by atoms with Gasteiger partial charge in [0.2, 0.25) is 0 Å². The zero-order valence-electron chi connectivity index (χ0n) is 13.3. The van der Waals surface area contributed by atoms with Crippen LogP contribution in [0.2, 0.25) is 0 Å². The standard InChI is InChI=1S/C19H18Br2O3/c1-2-3-10-24-19-12-18(23)15(11-16(19)21)17(22)9-6-13-4-7-14(20)8-5-13/h4-9,11-12,23H,2-3,10H2,1H3/b9-6+. The molecular formula is C19H18Br2O3. The number of halogens is 2. The fourth-order valence-corrected chi connectivity index (χ4v) is 2.73. The first-order valence-electron chi connectivity index (χ1n) is 7.64. The normalized spacial score (nSPS) is 11.0. The quantitative estimate of drug-likeness (QED) is 0.318. The van der Waals surface area contributed by atoms with Crippen molar-refractivity contribution in [2.45, 2.75) is 19.8 Å². The van der Waals surface area contributed by atoms with E-state index < -0.39 is 0 Å². The molecule has 0 aromatic heterocycles. The maximum Gasteiger partial charge on any atom is 0.189 e. The fraction of sp³-hybridized carbons (Fsp3) is 0.211. The Kier molecular flexibility index (Phi) is 7.06. The summed E-state index contributed by atoms with van der Waals surface area (Å²) in [6.45, 7) is 2.65. The molecule has 0 aliphatic heterocycles. The fourth-order valence-electron chi connectivity index (χ4n) is 2.01. The molecule has 0 aliphatic rings. The van der Waals surface area contributed by atoms with Crippen molar-refractivity contribution in [3.63, 3.8) is 0 Å². The number of ketones is 1. The van der Waals surface area contributed by atoms with Crippen LogP contribution in [0.4, 0.5) is 0 Å². The van der Waals surface area contributed by atoms with Crippen LogP contribution in [0.1, 0.15) is 35.7 Å². The van der Waals surface area contributed by atoms with Crippen LogP contribution in [0.3, 0.4) is 0 Å². The number of hydrogen-bond acceptors (Lipinski definition) is 3. The molecular weight excluding hydrogens is 436 g/mol. The van der Waals surface area contributed by atoms with Gasteiger partial charge in [-0.25, -0.2) is 0 Å². The lowest BCUT2D eigenvalue weighted by atomic mass is 10.1. The van der Waals surface area contributed by atoms with Gasteiger partial charge in [0.15, 0.2) is 5.78 Å². The third kappa shape index (κ3) is 5.21. The molecule has 0 unspecified atom stereocenters. The number of allylic oxidation sites excluding steroid dienone is 1. The summed E-state index contributed by atoms with van der Waals surface area (Å²) >= 11 is 6.76. The van der Waals surface area contributed by atoms with Crippen LogP contribution in [0.5, 0.6) is 11.5 Å². The largest absolute Gasteiger partial charge is 0.507 e. The lowest BCUT2D eigenvalue weighted by molar-refractivity contribution is 0.104. The van der Waals surface area contributed by atoms with Crippen LogP contribution >= 0.6 is 31.9 Å². The summed E-state index contributed by atoms with van der Waals surface area (Å²) in [5.41, 5.74) is 1.14. The maximum atomic E-state index is 12.3. The highest BCUT2D eigenvalue weighted by atomic mass is 79.9. The van der Waals surface area contributed by atoms with Gasteiger partial charge in [0.1, 0.15) is 11.5 Å². The van der Waals surface area contributed by atoms with E-state index >= 15 is 0 Å². The first-order chi connectivity index (χ1) is 11.5. The summed E-state index contributed by atoms with van der Waals surface area (Å²) in [6.07, 6.45) is 5.13. The monoisotopic (exact) mass is 452 g/mol. The zero-order chi connectivity index (χ0) is 17.5. The summed E-state index contributed by atoms with van der Waals surface area (Å²) in [5, 5.41) is 10.1. The van der Waals surface area contributed by atoms with E-state index in [0.717, 1.165) is 22.9 Å². The molecule has 0 spiro atoms. The molecule has 0 amide bonds. The Morgan fingerprint density at radius 2 is 1.92 bits per heavy atom. The van der Waals surface area contributed by atoms with E-state index in [1.54, 1.807) is 12.1 Å². The smallest absolute Gasteiger partial charge is 0.189 e. The van der Waals surface area contributed by atoms with Crippen LogP contribution in [0.25, 0.3) is 6.08 Å². The number of unbranched alkanes of at least 4 members (excludes halogenated alkanes) is 1. The first-order valence-corrected chi connectivity index (χ1v) is 9.23. The van der Waals surface area contributed by atoms with Gasteiger partial charge < -0.3 is 9.84 Å². The van der Waals surface area contributed by atoms with Crippen LogP contribution in [-0.4, -0.2) is 17.5 Å². The highest BCUT2D eigenvalue weighted by Crippen LogP contribution is 2.33. The molecule has 0 aliphatic carbocycles. The third-order valence-corrected chi connectivity index (χ3v) is 4.52. The van der Waals surface area contributed by atoms with Gasteiger partial charge in [-0.1, -0.05) is 47.5 Å². The minimum atomic E-state index is -0.267. The van der Waals surface area contributed by atoms with Crippen molar-refractivity contribution in [2.24, 2.45) is 0 Å². The van der Waals surface area contributed by atoms with E-state index in [-0.39, 0.29) is 17.1 Å². The van der Waals surface area contributed by atoms with E-state index in [1.165, 1.54) is 12.1 Å². The Bertz CT molecular complexity index is 737. The average Bonchev–Trinajstić information content (AvgIpc) is 2.57. The highest BCUT2D eigenvalue weighted by Gasteiger charge is 2.13. The Labute approximate surface area is 158 Å². The summed E-state index contributed by atoms with van der Waals surface area (Å²) in [6, 6.07) is 10.7. The Morgan fingerprint density at radius 1 is 1.21 bits per heavy atom. The van der Waals surface area contributed by atoms with Crippen molar-refractivity contribution in [3.05, 3.63) is 62.5 Å². The molecule has 126 valence electrons. The van der Waals surface area contributed by atoms with Crippen LogP contribution in [-0.2, 0) is 0 Å². The van der Waals surface area contributed by atoms with Crippen molar-refractivity contribution in [1.82, 2.24) is 0 Å². The van der Waals surface area contributed by atoms with E-state index in [9.17, 15) is 9.90 Å². The SMILES string of the molecule is CCCCOc1cc(O)c(C(=O)/C=C/c2ccc(Br)cc2)cc1Br. The van der Waals surface area contributed by atoms with Crippen LogP contribution in [0, 0.1) is 0 Å². The summed E-state index contributed by atoms with van der Waals surface area (Å²) < 4.78 is 7.22. The molecule has 3 nitrogen and oxygen atoms in total. The number of carbonyl (C=O) groups is 1. The molecule has 0 fully saturated rings. The number of ether oxygens (including phenoxy) is 1. The van der Waals surface area contributed by atoms with Crippen molar-refractivity contribution in [2.75, 3.05) is 6.61 Å². The van der Waals surface area contributed by atoms with Gasteiger partial charge in [0.05, 0.1) is 16.6 Å². The van der Waals surface area contributed by atoms with Crippen molar-refractivity contribution >= 4 is 43.7 Å². The van der Waals surface area contributed by atoms with Gasteiger partial charge in [0.25, 0.3) is 0 Å². The Hall–Kier alpha value is -1.59. The molecule has 0 heterocycles. The molecule has 1 N–H and O–H groups in total. The summed E-state index contributed by atoms with van der Waals surface area (Å²) in [5.74, 6) is 0.181. The van der Waals surface area contributed by atoms with Crippen molar-refractivity contribution in [3.8, 4) is 11.5 Å². The molecule has 0 saturated heterocycles. The lowest BCUT2D eigenvalue weighted by Crippen LogP contribution is -2.00. The molecule has 24 heavy (non-hydrogen) atoms. The Balaban J connectivity index is 2.14. The average molecular weight is 454 g/mol. The number of benzene rings is 2. The molecule has 2 aromatic rings. The summed E-state index contributed by atoms with van der Waals surface area (Å²) in [4.78, 5) is 12.3. The predicted octanol–water partition coefficient (Wildman–Crippen LogP) is 5.99. The van der Waals surface area contributed by atoms with E-state index in [0.29, 0.717) is 16.8 Å². The highest BCUT2D eigenvalue weighted by molar-refractivity contribution is 9.10. The first kappa shape index (κ1) is 18.7. The van der Waals surface area contributed by atoms with E-state index in [1.807, 2.05) is 24.3 Å². The number of carbonyl (C=O) groups excluding carboxylic acids is 1. The van der Waals surface area contributed by atoms with Gasteiger partial charge in [-0.05, 0) is 52.2 Å². The number of phenolic OH excluding ortho intramolecular Hbond substituents is 1. The minimum absolute atomic E-state index is 0.0878. The predicted molar refractivity (Wildman–Crippen MR) is 104 cm³/mol. The molecule has 2 rings (SSSR count). The van der Waals surface area contributed by atoms with Crippen LogP contribution < -0.4 is 4.74 Å². The lowest BCUT2D eigenvalue weighted by Gasteiger charge is -2.10. The number of hydrogen-bond donors (Lipinski definition) is 1. The number of rotatable bonds is 7. The summed E-state index contributed by atoms with van der Waals surface area (Å²) in [7, 11) is 0. The molecule has 2 aromatic carbocycles. The molecule has 0 radical (unpaired) electrons. The van der Waals surface area contributed by atoms with Gasteiger partial charge in [0, 0.05) is 10.5 Å². The van der Waals surface area contributed by atoms with E-state index in [2.05, 4.69) is 38.8 Å². The zero-order valence-corrected chi connectivity index (χ0v) is 16.4. The third-order valence-electron chi connectivity index (χ3n) is 3.37. The second kappa shape index (κ2) is 9.04. The van der Waals surface area contributed by atoms with Crippen molar-refractivity contribution < 1.29 is 14.6 Å². The Morgan fingerprint density at radius 3 is 2.58 bits per heavy atom. The van der Waals surface area contributed by atoms with Gasteiger partial charge >= 0.3 is 0 Å².